The molecule has 1 saturated carbocycles. The number of aromatic nitrogens is 1. The lowest BCUT2D eigenvalue weighted by molar-refractivity contribution is -0.138. The predicted octanol–water partition coefficient (Wildman–Crippen LogP) is 4.40. The van der Waals surface area contributed by atoms with Crippen LogP contribution in [0.15, 0.2) is 36.5 Å². The van der Waals surface area contributed by atoms with Crippen LogP contribution in [0.4, 0.5) is 10.6 Å². The third-order valence-electron chi connectivity index (χ3n) is 6.91. The lowest BCUT2D eigenvalue weighted by Crippen LogP contribution is -2.49. The van der Waals surface area contributed by atoms with E-state index in [1.165, 1.54) is 0 Å². The van der Waals surface area contributed by atoms with Gasteiger partial charge < -0.3 is 4.90 Å². The molecular weight excluding hydrogens is 414 g/mol. The van der Waals surface area contributed by atoms with Crippen LogP contribution in [0.2, 0.25) is 0 Å². The number of hydrogen-bond donors (Lipinski definition) is 1. The first-order valence-electron chi connectivity index (χ1n) is 11.4. The SMILES string of the molecule is CC#Cc1cc(C)c(C2C(=O)CC3(CCN(C(=O)Nc4ccccn4)CC3)CC2=O)c(C)c1. The average molecular weight is 444 g/mol. The summed E-state index contributed by atoms with van der Waals surface area (Å²) < 4.78 is 0. The van der Waals surface area contributed by atoms with E-state index in [-0.39, 0.29) is 23.0 Å². The molecule has 6 nitrogen and oxygen atoms in total. The third-order valence-corrected chi connectivity index (χ3v) is 6.91. The summed E-state index contributed by atoms with van der Waals surface area (Å²) in [5, 5.41) is 2.81. The highest BCUT2D eigenvalue weighted by molar-refractivity contribution is 6.10. The molecule has 0 bridgehead atoms. The van der Waals surface area contributed by atoms with Crippen LogP contribution in [-0.2, 0) is 9.59 Å². The van der Waals surface area contributed by atoms with E-state index in [1.54, 1.807) is 30.2 Å². The zero-order valence-electron chi connectivity index (χ0n) is 19.4. The van der Waals surface area contributed by atoms with E-state index in [4.69, 9.17) is 0 Å². The van der Waals surface area contributed by atoms with Crippen molar-refractivity contribution in [2.75, 3.05) is 18.4 Å². The maximum absolute atomic E-state index is 13.3. The Kier molecular flexibility index (Phi) is 6.33. The summed E-state index contributed by atoms with van der Waals surface area (Å²) in [5.41, 5.74) is 3.28. The number of urea groups is 1. The van der Waals surface area contributed by atoms with E-state index in [1.807, 2.05) is 32.0 Å². The Labute approximate surface area is 194 Å². The van der Waals surface area contributed by atoms with Crippen molar-refractivity contribution < 1.29 is 14.4 Å². The number of rotatable bonds is 2. The van der Waals surface area contributed by atoms with Gasteiger partial charge in [0.05, 0.1) is 0 Å². The maximum atomic E-state index is 13.3. The summed E-state index contributed by atoms with van der Waals surface area (Å²) >= 11 is 0. The lowest BCUT2D eigenvalue weighted by atomic mass is 9.62. The molecule has 1 N–H and O–H groups in total. The Morgan fingerprint density at radius 1 is 1.09 bits per heavy atom. The molecule has 2 aromatic rings. The number of anilines is 1. The summed E-state index contributed by atoms with van der Waals surface area (Å²) in [4.78, 5) is 45.1. The molecule has 0 radical (unpaired) electrons. The van der Waals surface area contributed by atoms with Crippen LogP contribution in [-0.4, -0.2) is 40.6 Å². The molecule has 1 saturated heterocycles. The fourth-order valence-corrected chi connectivity index (χ4v) is 5.32. The van der Waals surface area contributed by atoms with Gasteiger partial charge in [-0.05, 0) is 80.0 Å². The van der Waals surface area contributed by atoms with Crippen molar-refractivity contribution in [1.29, 1.82) is 0 Å². The fraction of sp³-hybridized carbons (Fsp3) is 0.407. The Hall–Kier alpha value is -3.46. The van der Waals surface area contributed by atoms with Gasteiger partial charge in [-0.15, -0.1) is 5.92 Å². The van der Waals surface area contributed by atoms with Crippen molar-refractivity contribution in [3.05, 3.63) is 58.8 Å². The van der Waals surface area contributed by atoms with E-state index in [2.05, 4.69) is 22.1 Å². The lowest BCUT2D eigenvalue weighted by Gasteiger charge is -2.44. The molecule has 1 spiro atoms. The fourth-order valence-electron chi connectivity index (χ4n) is 5.32. The van der Waals surface area contributed by atoms with Crippen LogP contribution in [0, 0.1) is 31.1 Å². The van der Waals surface area contributed by atoms with Crippen molar-refractivity contribution >= 4 is 23.4 Å². The molecule has 2 heterocycles. The highest BCUT2D eigenvalue weighted by Crippen LogP contribution is 2.46. The number of aryl methyl sites for hydroxylation is 2. The van der Waals surface area contributed by atoms with Gasteiger partial charge in [0, 0.05) is 37.7 Å². The minimum absolute atomic E-state index is 0.00170. The van der Waals surface area contributed by atoms with Gasteiger partial charge in [0.15, 0.2) is 0 Å². The number of piperidine rings is 1. The van der Waals surface area contributed by atoms with Crippen molar-refractivity contribution in [3.63, 3.8) is 0 Å². The minimum Gasteiger partial charge on any atom is -0.324 e. The number of benzene rings is 1. The number of carbonyl (C=O) groups is 3. The number of likely N-dealkylation sites (tertiary alicyclic amines) is 1. The Morgan fingerprint density at radius 3 is 2.27 bits per heavy atom. The molecule has 6 heteroatoms. The Balaban J connectivity index is 1.45. The average Bonchev–Trinajstić information content (AvgIpc) is 2.76. The van der Waals surface area contributed by atoms with Gasteiger partial charge >= 0.3 is 6.03 Å². The standard InChI is InChI=1S/C27H29N3O3/c1-4-7-20-14-18(2)24(19(3)15-20)25-21(31)16-27(17-22(25)32)9-12-30(13-10-27)26(33)29-23-8-5-6-11-28-23/h5-6,8,11,14-15,25H,9-10,12-13,16-17H2,1-3H3,(H,28,29,33). The first-order valence-corrected chi connectivity index (χ1v) is 11.4. The monoisotopic (exact) mass is 443 g/mol. The molecule has 4 rings (SSSR count). The van der Waals surface area contributed by atoms with Crippen LogP contribution in [0.3, 0.4) is 0 Å². The number of ketones is 2. The van der Waals surface area contributed by atoms with Crippen molar-refractivity contribution in [2.24, 2.45) is 5.41 Å². The van der Waals surface area contributed by atoms with Gasteiger partial charge in [0.1, 0.15) is 23.3 Å². The summed E-state index contributed by atoms with van der Waals surface area (Å²) in [5.74, 6) is 5.77. The van der Waals surface area contributed by atoms with E-state index in [0.717, 1.165) is 22.3 Å². The molecule has 2 amide bonds. The number of hydrogen-bond acceptors (Lipinski definition) is 4. The summed E-state index contributed by atoms with van der Waals surface area (Å²) in [6.45, 7) is 6.73. The normalized spacial score (nSPS) is 18.1. The molecule has 1 aliphatic heterocycles. The summed E-state index contributed by atoms with van der Waals surface area (Å²) in [7, 11) is 0. The number of nitrogens with zero attached hydrogens (tertiary/aromatic N) is 2. The molecular formula is C27H29N3O3. The molecule has 2 fully saturated rings. The second kappa shape index (κ2) is 9.19. The highest BCUT2D eigenvalue weighted by atomic mass is 16.2. The van der Waals surface area contributed by atoms with Gasteiger partial charge in [0.2, 0.25) is 0 Å². The molecule has 1 aliphatic carbocycles. The van der Waals surface area contributed by atoms with Gasteiger partial charge in [-0.25, -0.2) is 9.78 Å². The van der Waals surface area contributed by atoms with Crippen LogP contribution < -0.4 is 5.32 Å². The molecule has 2 aliphatic rings. The molecule has 0 unspecified atom stereocenters. The van der Waals surface area contributed by atoms with E-state index in [0.29, 0.717) is 44.6 Å². The van der Waals surface area contributed by atoms with Crippen LogP contribution in [0.5, 0.6) is 0 Å². The van der Waals surface area contributed by atoms with Crippen molar-refractivity contribution in [1.82, 2.24) is 9.88 Å². The second-order valence-corrected chi connectivity index (χ2v) is 9.25. The third kappa shape index (κ3) is 4.68. The Bertz CT molecular complexity index is 1110. The van der Waals surface area contributed by atoms with Crippen molar-refractivity contribution in [3.8, 4) is 11.8 Å². The largest absolute Gasteiger partial charge is 0.324 e. The smallest absolute Gasteiger partial charge is 0.323 e. The van der Waals surface area contributed by atoms with E-state index >= 15 is 0 Å². The predicted molar refractivity (Wildman–Crippen MR) is 127 cm³/mol. The quantitative estimate of drug-likeness (QED) is 0.551. The molecule has 1 aromatic heterocycles. The highest BCUT2D eigenvalue weighted by Gasteiger charge is 2.47. The van der Waals surface area contributed by atoms with Gasteiger partial charge in [-0.2, -0.15) is 0 Å². The molecule has 33 heavy (non-hydrogen) atoms. The van der Waals surface area contributed by atoms with Gasteiger partial charge in [0.25, 0.3) is 0 Å². The number of Topliss-reactive ketones (excluding diaryl/α,β-unsaturated/α-hetero) is 2. The summed E-state index contributed by atoms with van der Waals surface area (Å²) in [6, 6.07) is 9.08. The number of amides is 2. The number of carbonyl (C=O) groups excluding carboxylic acids is 3. The van der Waals surface area contributed by atoms with Crippen LogP contribution >= 0.6 is 0 Å². The minimum atomic E-state index is -0.690. The molecule has 1 aromatic carbocycles. The zero-order chi connectivity index (χ0) is 23.6. The van der Waals surface area contributed by atoms with E-state index < -0.39 is 5.92 Å². The first kappa shape index (κ1) is 22.7. The van der Waals surface area contributed by atoms with E-state index in [9.17, 15) is 14.4 Å². The van der Waals surface area contributed by atoms with Gasteiger partial charge in [-0.3, -0.25) is 14.9 Å². The first-order chi connectivity index (χ1) is 15.8. The topological polar surface area (TPSA) is 79.4 Å². The van der Waals surface area contributed by atoms with Crippen molar-refractivity contribution in [2.45, 2.75) is 52.4 Å². The molecule has 170 valence electrons. The number of nitrogens with one attached hydrogen (secondary N) is 1. The maximum Gasteiger partial charge on any atom is 0.323 e. The van der Waals surface area contributed by atoms with Crippen LogP contribution in [0.25, 0.3) is 0 Å². The second-order valence-electron chi connectivity index (χ2n) is 9.25. The molecule has 0 atom stereocenters. The summed E-state index contributed by atoms with van der Waals surface area (Å²) in [6.07, 6.45) is 3.69. The zero-order valence-corrected chi connectivity index (χ0v) is 19.4. The number of pyridine rings is 1. The van der Waals surface area contributed by atoms with Gasteiger partial charge in [-0.1, -0.05) is 12.0 Å². The Morgan fingerprint density at radius 2 is 1.73 bits per heavy atom. The van der Waals surface area contributed by atoms with Crippen LogP contribution in [0.1, 0.15) is 60.8 Å².